The van der Waals surface area contributed by atoms with Gasteiger partial charge in [-0.2, -0.15) is 5.26 Å². The van der Waals surface area contributed by atoms with Gasteiger partial charge in [0.15, 0.2) is 0 Å². The Kier molecular flexibility index (Phi) is 7.33. The second kappa shape index (κ2) is 9.99. The summed E-state index contributed by atoms with van der Waals surface area (Å²) in [5.41, 5.74) is 1.67. The summed E-state index contributed by atoms with van der Waals surface area (Å²) in [5, 5.41) is 11.5. The molecule has 1 amide bonds. The number of ether oxygens (including phenoxy) is 2. The Hall–Kier alpha value is -3.00. The summed E-state index contributed by atoms with van der Waals surface area (Å²) in [7, 11) is 0. The fourth-order valence-electron chi connectivity index (χ4n) is 2.24. The highest BCUT2D eigenvalue weighted by Gasteiger charge is 2.03. The van der Waals surface area contributed by atoms with Crippen LogP contribution in [0.3, 0.4) is 0 Å². The van der Waals surface area contributed by atoms with Crippen LogP contribution in [-0.2, 0) is 11.2 Å². The number of hydrogen-bond acceptors (Lipinski definition) is 4. The minimum Gasteiger partial charge on any atom is -0.494 e. The largest absolute Gasteiger partial charge is 0.494 e. The summed E-state index contributed by atoms with van der Waals surface area (Å²) in [6.45, 7) is 3.05. The van der Waals surface area contributed by atoms with Gasteiger partial charge in [0, 0.05) is 12.1 Å². The standard InChI is InChI=1S/C20H22N2O3/c1-2-24-18-9-11-19(12-10-18)25-15-3-4-20(23)22-17-7-5-16(6-8-17)13-14-21/h5-12H,2-4,13,15H2,1H3,(H,22,23). The fraction of sp³-hybridized carbons (Fsp3) is 0.300. The van der Waals surface area contributed by atoms with Crippen LogP contribution in [0, 0.1) is 11.3 Å². The van der Waals surface area contributed by atoms with Crippen LogP contribution in [0.1, 0.15) is 25.3 Å². The van der Waals surface area contributed by atoms with Gasteiger partial charge in [0.1, 0.15) is 11.5 Å². The predicted octanol–water partition coefficient (Wildman–Crippen LogP) is 3.95. The fourth-order valence-corrected chi connectivity index (χ4v) is 2.24. The number of nitrogens with zero attached hydrogens (tertiary/aromatic N) is 1. The normalized spacial score (nSPS) is 9.92. The number of nitriles is 1. The molecule has 1 N–H and O–H groups in total. The number of amides is 1. The minimum absolute atomic E-state index is 0.0525. The zero-order chi connectivity index (χ0) is 17.9. The van der Waals surface area contributed by atoms with Crippen LogP contribution < -0.4 is 14.8 Å². The number of hydrogen-bond donors (Lipinski definition) is 1. The molecule has 0 unspecified atom stereocenters. The van der Waals surface area contributed by atoms with E-state index < -0.39 is 0 Å². The SMILES string of the molecule is CCOc1ccc(OCCCC(=O)Nc2ccc(CC#N)cc2)cc1. The molecule has 0 heterocycles. The highest BCUT2D eigenvalue weighted by atomic mass is 16.5. The summed E-state index contributed by atoms with van der Waals surface area (Å²) < 4.78 is 11.0. The van der Waals surface area contributed by atoms with Gasteiger partial charge in [0.2, 0.25) is 5.91 Å². The summed E-state index contributed by atoms with van der Waals surface area (Å²) in [6.07, 6.45) is 1.39. The Morgan fingerprint density at radius 2 is 1.68 bits per heavy atom. The lowest BCUT2D eigenvalue weighted by Crippen LogP contribution is -2.12. The van der Waals surface area contributed by atoms with Crippen molar-refractivity contribution in [1.82, 2.24) is 0 Å². The second-order valence-electron chi connectivity index (χ2n) is 5.44. The van der Waals surface area contributed by atoms with E-state index in [0.29, 0.717) is 32.5 Å². The Balaban J connectivity index is 1.67. The number of carbonyl (C=O) groups excluding carboxylic acids is 1. The molecule has 0 saturated carbocycles. The lowest BCUT2D eigenvalue weighted by molar-refractivity contribution is -0.116. The van der Waals surface area contributed by atoms with Gasteiger partial charge in [-0.15, -0.1) is 0 Å². The Morgan fingerprint density at radius 3 is 2.28 bits per heavy atom. The molecule has 2 aromatic carbocycles. The first-order valence-corrected chi connectivity index (χ1v) is 8.32. The zero-order valence-electron chi connectivity index (χ0n) is 14.3. The summed E-state index contributed by atoms with van der Waals surface area (Å²) in [6, 6.07) is 16.8. The first-order chi connectivity index (χ1) is 12.2. The lowest BCUT2D eigenvalue weighted by atomic mass is 10.1. The van der Waals surface area contributed by atoms with Gasteiger partial charge < -0.3 is 14.8 Å². The smallest absolute Gasteiger partial charge is 0.224 e. The topological polar surface area (TPSA) is 71.3 Å². The molecule has 0 radical (unpaired) electrons. The molecular formula is C20H22N2O3. The van der Waals surface area contributed by atoms with Crippen LogP contribution in [0.2, 0.25) is 0 Å². The van der Waals surface area contributed by atoms with Gasteiger partial charge in [-0.25, -0.2) is 0 Å². The molecule has 0 saturated heterocycles. The lowest BCUT2D eigenvalue weighted by Gasteiger charge is -2.08. The zero-order valence-corrected chi connectivity index (χ0v) is 14.3. The first-order valence-electron chi connectivity index (χ1n) is 8.32. The van der Waals surface area contributed by atoms with Gasteiger partial charge >= 0.3 is 0 Å². The summed E-state index contributed by atoms with van der Waals surface area (Å²) >= 11 is 0. The monoisotopic (exact) mass is 338 g/mol. The van der Waals surface area contributed by atoms with E-state index in [4.69, 9.17) is 14.7 Å². The van der Waals surface area contributed by atoms with Crippen molar-refractivity contribution in [2.75, 3.05) is 18.5 Å². The third-order valence-corrected chi connectivity index (χ3v) is 3.47. The molecule has 0 aliphatic rings. The third-order valence-electron chi connectivity index (χ3n) is 3.47. The Labute approximate surface area is 148 Å². The van der Waals surface area contributed by atoms with E-state index in [1.54, 1.807) is 12.1 Å². The van der Waals surface area contributed by atoms with Crippen molar-refractivity contribution in [3.05, 3.63) is 54.1 Å². The van der Waals surface area contributed by atoms with E-state index in [2.05, 4.69) is 11.4 Å². The van der Waals surface area contributed by atoms with E-state index in [9.17, 15) is 4.79 Å². The highest BCUT2D eigenvalue weighted by Crippen LogP contribution is 2.18. The van der Waals surface area contributed by atoms with Crippen LogP contribution in [0.15, 0.2) is 48.5 Å². The molecule has 0 atom stereocenters. The molecule has 2 aromatic rings. The summed E-state index contributed by atoms with van der Waals surface area (Å²) in [4.78, 5) is 11.9. The van der Waals surface area contributed by atoms with Crippen molar-refractivity contribution >= 4 is 11.6 Å². The molecule has 0 bridgehead atoms. The van der Waals surface area contributed by atoms with Gasteiger partial charge in [0.05, 0.1) is 25.7 Å². The van der Waals surface area contributed by atoms with Gasteiger partial charge in [-0.3, -0.25) is 4.79 Å². The molecule has 0 fully saturated rings. The van der Waals surface area contributed by atoms with Crippen LogP contribution in [-0.4, -0.2) is 19.1 Å². The molecule has 5 nitrogen and oxygen atoms in total. The average molecular weight is 338 g/mol. The van der Waals surface area contributed by atoms with Crippen LogP contribution in [0.4, 0.5) is 5.69 Å². The van der Waals surface area contributed by atoms with Gasteiger partial charge in [0.25, 0.3) is 0 Å². The minimum atomic E-state index is -0.0525. The molecule has 5 heteroatoms. The average Bonchev–Trinajstić information content (AvgIpc) is 2.62. The van der Waals surface area contributed by atoms with Crippen LogP contribution >= 0.6 is 0 Å². The van der Waals surface area contributed by atoms with E-state index in [1.165, 1.54) is 0 Å². The molecule has 130 valence electrons. The molecule has 0 aliphatic carbocycles. The molecule has 0 aliphatic heterocycles. The van der Waals surface area contributed by atoms with E-state index in [1.807, 2.05) is 43.3 Å². The maximum atomic E-state index is 11.9. The van der Waals surface area contributed by atoms with E-state index in [-0.39, 0.29) is 5.91 Å². The van der Waals surface area contributed by atoms with Crippen molar-refractivity contribution < 1.29 is 14.3 Å². The predicted molar refractivity (Wildman–Crippen MR) is 96.7 cm³/mol. The molecular weight excluding hydrogens is 316 g/mol. The molecule has 25 heavy (non-hydrogen) atoms. The second-order valence-corrected chi connectivity index (χ2v) is 5.44. The number of carbonyl (C=O) groups is 1. The van der Waals surface area contributed by atoms with Crippen LogP contribution in [0.25, 0.3) is 0 Å². The number of anilines is 1. The van der Waals surface area contributed by atoms with Crippen molar-refractivity contribution in [3.8, 4) is 17.6 Å². The number of nitrogens with one attached hydrogen (secondary N) is 1. The third kappa shape index (κ3) is 6.56. The van der Waals surface area contributed by atoms with E-state index in [0.717, 1.165) is 22.7 Å². The van der Waals surface area contributed by atoms with Crippen molar-refractivity contribution in [1.29, 1.82) is 5.26 Å². The quantitative estimate of drug-likeness (QED) is 0.703. The summed E-state index contributed by atoms with van der Waals surface area (Å²) in [5.74, 6) is 1.52. The Morgan fingerprint density at radius 1 is 1.04 bits per heavy atom. The number of rotatable bonds is 9. The van der Waals surface area contributed by atoms with Crippen molar-refractivity contribution in [2.24, 2.45) is 0 Å². The van der Waals surface area contributed by atoms with Crippen LogP contribution in [0.5, 0.6) is 11.5 Å². The molecule has 0 aromatic heterocycles. The van der Waals surface area contributed by atoms with Crippen molar-refractivity contribution in [3.63, 3.8) is 0 Å². The maximum Gasteiger partial charge on any atom is 0.224 e. The molecule has 2 rings (SSSR count). The van der Waals surface area contributed by atoms with Gasteiger partial charge in [-0.1, -0.05) is 12.1 Å². The maximum absolute atomic E-state index is 11.9. The Bertz CT molecular complexity index is 703. The first kappa shape index (κ1) is 18.3. The number of benzene rings is 2. The highest BCUT2D eigenvalue weighted by molar-refractivity contribution is 5.90. The van der Waals surface area contributed by atoms with Crippen molar-refractivity contribution in [2.45, 2.75) is 26.2 Å². The van der Waals surface area contributed by atoms with Gasteiger partial charge in [-0.05, 0) is 55.3 Å². The molecule has 0 spiro atoms. The van der Waals surface area contributed by atoms with E-state index >= 15 is 0 Å².